The highest BCUT2D eigenvalue weighted by atomic mass is 15.3. The van der Waals surface area contributed by atoms with Gasteiger partial charge in [0.2, 0.25) is 5.95 Å². The fourth-order valence-corrected chi connectivity index (χ4v) is 4.75. The highest BCUT2D eigenvalue weighted by Gasteiger charge is 2.17. The number of aromatic amines is 1. The molecule has 1 aromatic carbocycles. The number of piperidine rings is 1. The summed E-state index contributed by atoms with van der Waals surface area (Å²) in [7, 11) is 0. The zero-order chi connectivity index (χ0) is 22.7. The highest BCUT2D eigenvalue weighted by Crippen LogP contribution is 2.31. The monoisotopic (exact) mass is 455 g/mol. The van der Waals surface area contributed by atoms with E-state index in [4.69, 9.17) is 0 Å². The summed E-state index contributed by atoms with van der Waals surface area (Å²) in [4.78, 5) is 26.2. The lowest BCUT2D eigenvalue weighted by atomic mass is 10.1. The van der Waals surface area contributed by atoms with Crippen LogP contribution in [0.1, 0.15) is 19.3 Å². The molecule has 174 valence electrons. The Hall–Kier alpha value is -3.72. The number of piperazine rings is 1. The molecule has 9 nitrogen and oxygen atoms in total. The zero-order valence-electron chi connectivity index (χ0n) is 19.2. The summed E-state index contributed by atoms with van der Waals surface area (Å²) in [5.41, 5.74) is 4.91. The van der Waals surface area contributed by atoms with Crippen LogP contribution in [0.2, 0.25) is 0 Å². The van der Waals surface area contributed by atoms with Gasteiger partial charge in [-0.15, -0.1) is 0 Å². The molecule has 0 radical (unpaired) electrons. The van der Waals surface area contributed by atoms with Crippen molar-refractivity contribution in [3.8, 4) is 11.3 Å². The number of nitrogens with one attached hydrogen (secondary N) is 3. The maximum absolute atomic E-state index is 4.60. The average molecular weight is 456 g/mol. The Morgan fingerprint density at radius 1 is 0.765 bits per heavy atom. The van der Waals surface area contributed by atoms with E-state index in [1.165, 1.54) is 19.3 Å². The second kappa shape index (κ2) is 9.26. The molecule has 6 rings (SSSR count). The molecule has 2 aliphatic heterocycles. The van der Waals surface area contributed by atoms with Crippen LogP contribution in [0.5, 0.6) is 0 Å². The second-order valence-electron chi connectivity index (χ2n) is 8.90. The first kappa shape index (κ1) is 20.9. The molecule has 0 aliphatic carbocycles. The van der Waals surface area contributed by atoms with Crippen molar-refractivity contribution >= 4 is 34.2 Å². The van der Waals surface area contributed by atoms with Crippen LogP contribution in [0.3, 0.4) is 0 Å². The van der Waals surface area contributed by atoms with Gasteiger partial charge in [-0.3, -0.25) is 0 Å². The minimum Gasteiger partial charge on any atom is -0.356 e. The molecule has 0 atom stereocenters. The van der Waals surface area contributed by atoms with Crippen molar-refractivity contribution in [2.75, 3.05) is 54.4 Å². The highest BCUT2D eigenvalue weighted by molar-refractivity contribution is 5.92. The Morgan fingerprint density at radius 2 is 1.53 bits per heavy atom. The van der Waals surface area contributed by atoms with E-state index in [9.17, 15) is 0 Å². The largest absolute Gasteiger partial charge is 0.356 e. The number of benzene rings is 1. The molecule has 4 aromatic rings. The number of fused-ring (bicyclic) bond motifs is 1. The van der Waals surface area contributed by atoms with E-state index in [2.05, 4.69) is 75.7 Å². The van der Waals surface area contributed by atoms with E-state index in [0.717, 1.165) is 84.7 Å². The molecule has 9 heteroatoms. The van der Waals surface area contributed by atoms with Gasteiger partial charge in [-0.2, -0.15) is 0 Å². The molecule has 0 bridgehead atoms. The first-order valence-corrected chi connectivity index (χ1v) is 12.1. The topological polar surface area (TPSA) is 97.9 Å². The molecule has 3 aromatic heterocycles. The van der Waals surface area contributed by atoms with Gasteiger partial charge in [0.1, 0.15) is 17.8 Å². The van der Waals surface area contributed by atoms with E-state index < -0.39 is 0 Å². The zero-order valence-corrected chi connectivity index (χ0v) is 19.2. The number of nitrogens with zero attached hydrogens (tertiary/aromatic N) is 6. The number of aromatic nitrogens is 5. The maximum Gasteiger partial charge on any atom is 0.225 e. The number of rotatable bonds is 5. The van der Waals surface area contributed by atoms with Gasteiger partial charge in [0.15, 0.2) is 0 Å². The van der Waals surface area contributed by atoms with Gasteiger partial charge in [0.25, 0.3) is 0 Å². The Labute approximate surface area is 198 Å². The van der Waals surface area contributed by atoms with Gasteiger partial charge in [0, 0.05) is 50.6 Å². The van der Waals surface area contributed by atoms with Crippen LogP contribution >= 0.6 is 0 Å². The third kappa shape index (κ3) is 4.26. The minimum absolute atomic E-state index is 0.785. The number of hydrogen-bond acceptors (Lipinski definition) is 8. The van der Waals surface area contributed by atoms with Gasteiger partial charge in [-0.1, -0.05) is 12.1 Å². The van der Waals surface area contributed by atoms with Crippen LogP contribution in [-0.2, 0) is 0 Å². The Morgan fingerprint density at radius 3 is 2.29 bits per heavy atom. The fourth-order valence-electron chi connectivity index (χ4n) is 4.75. The Balaban J connectivity index is 1.17. The first-order chi connectivity index (χ1) is 16.8. The van der Waals surface area contributed by atoms with E-state index in [1.807, 2.05) is 12.4 Å². The molecule has 0 unspecified atom stereocenters. The van der Waals surface area contributed by atoms with E-state index in [1.54, 1.807) is 6.33 Å². The standard InChI is InChI=1S/C25H29N9/c1-2-10-33(11-3-1)24-21-14-22(32-23(21)29-17-30-24)18-4-6-19(7-5-18)31-20-15-27-25(28-16-20)34-12-8-26-9-13-34/h4-7,14-17,26,31H,1-3,8-13H2,(H,29,30,32). The van der Waals surface area contributed by atoms with Crippen molar-refractivity contribution < 1.29 is 0 Å². The van der Waals surface area contributed by atoms with Crippen LogP contribution in [0.15, 0.2) is 49.1 Å². The normalized spacial score (nSPS) is 16.7. The quantitative estimate of drug-likeness (QED) is 0.420. The smallest absolute Gasteiger partial charge is 0.225 e. The summed E-state index contributed by atoms with van der Waals surface area (Å²) in [6, 6.07) is 10.5. The van der Waals surface area contributed by atoms with Gasteiger partial charge >= 0.3 is 0 Å². The summed E-state index contributed by atoms with van der Waals surface area (Å²) in [6.07, 6.45) is 9.10. The van der Waals surface area contributed by atoms with Gasteiger partial charge in [-0.05, 0) is 43.0 Å². The molecule has 0 saturated carbocycles. The Bertz CT molecular complexity index is 1240. The van der Waals surface area contributed by atoms with Crippen molar-refractivity contribution in [2.24, 2.45) is 0 Å². The molecule has 0 spiro atoms. The van der Waals surface area contributed by atoms with Crippen LogP contribution < -0.4 is 20.4 Å². The molecule has 5 heterocycles. The van der Waals surface area contributed by atoms with Crippen LogP contribution in [0, 0.1) is 0 Å². The molecule has 2 saturated heterocycles. The first-order valence-electron chi connectivity index (χ1n) is 12.1. The predicted octanol–water partition coefficient (Wildman–Crippen LogP) is 3.56. The lowest BCUT2D eigenvalue weighted by Gasteiger charge is -2.27. The lowest BCUT2D eigenvalue weighted by molar-refractivity contribution is 0.574. The molecule has 2 aliphatic rings. The summed E-state index contributed by atoms with van der Waals surface area (Å²) >= 11 is 0. The van der Waals surface area contributed by atoms with Crippen LogP contribution in [-0.4, -0.2) is 64.2 Å². The summed E-state index contributed by atoms with van der Waals surface area (Å²) in [6.45, 7) is 5.94. The summed E-state index contributed by atoms with van der Waals surface area (Å²) in [5.74, 6) is 1.82. The van der Waals surface area contributed by atoms with Crippen molar-refractivity contribution in [3.05, 3.63) is 49.1 Å². The average Bonchev–Trinajstić information content (AvgIpc) is 3.35. The van der Waals surface area contributed by atoms with Gasteiger partial charge in [0.05, 0.1) is 23.5 Å². The SMILES string of the molecule is c1nc(N2CCCCC2)c2cc(-c3ccc(Nc4cnc(N5CCNCC5)nc4)cc3)[nH]c2n1. The van der Waals surface area contributed by atoms with Gasteiger partial charge in [-0.25, -0.2) is 19.9 Å². The minimum atomic E-state index is 0.785. The fraction of sp³-hybridized carbons (Fsp3) is 0.360. The third-order valence-electron chi connectivity index (χ3n) is 6.58. The lowest BCUT2D eigenvalue weighted by Crippen LogP contribution is -2.44. The third-order valence-corrected chi connectivity index (χ3v) is 6.58. The van der Waals surface area contributed by atoms with E-state index in [-0.39, 0.29) is 0 Å². The number of H-pyrrole nitrogens is 1. The van der Waals surface area contributed by atoms with E-state index >= 15 is 0 Å². The maximum atomic E-state index is 4.60. The number of hydrogen-bond donors (Lipinski definition) is 3. The van der Waals surface area contributed by atoms with E-state index in [0.29, 0.717) is 0 Å². The molecular weight excluding hydrogens is 426 g/mol. The Kier molecular flexibility index (Phi) is 5.68. The summed E-state index contributed by atoms with van der Waals surface area (Å²) < 4.78 is 0. The second-order valence-corrected chi connectivity index (χ2v) is 8.90. The number of anilines is 4. The van der Waals surface area contributed by atoms with Crippen molar-refractivity contribution in [2.45, 2.75) is 19.3 Å². The molecule has 0 amide bonds. The predicted molar refractivity (Wildman–Crippen MR) is 136 cm³/mol. The van der Waals surface area contributed by atoms with Gasteiger partial charge < -0.3 is 25.4 Å². The molecule has 34 heavy (non-hydrogen) atoms. The van der Waals surface area contributed by atoms with Crippen LogP contribution in [0.25, 0.3) is 22.3 Å². The summed E-state index contributed by atoms with van der Waals surface area (Å²) in [5, 5.41) is 7.83. The molecular formula is C25H29N9. The van der Waals surface area contributed by atoms with Crippen molar-refractivity contribution in [1.82, 2.24) is 30.2 Å². The molecule has 3 N–H and O–H groups in total. The molecule has 2 fully saturated rings. The van der Waals surface area contributed by atoms with Crippen molar-refractivity contribution in [3.63, 3.8) is 0 Å². The van der Waals surface area contributed by atoms with Crippen LogP contribution in [0.4, 0.5) is 23.1 Å². The van der Waals surface area contributed by atoms with Crippen molar-refractivity contribution in [1.29, 1.82) is 0 Å².